The SMILES string of the molecule is CCNC(=NCc1nc(C(C)C)cs1)NCC(C)N1CCOCC1C.I. The van der Waals surface area contributed by atoms with Gasteiger partial charge in [0.05, 0.1) is 25.5 Å². The number of nitrogens with zero attached hydrogens (tertiary/aromatic N) is 3. The van der Waals surface area contributed by atoms with E-state index in [0.717, 1.165) is 49.5 Å². The summed E-state index contributed by atoms with van der Waals surface area (Å²) in [4.78, 5) is 11.8. The highest BCUT2D eigenvalue weighted by atomic mass is 127. The molecule has 2 rings (SSSR count). The van der Waals surface area contributed by atoms with Crippen LogP contribution in [0.3, 0.4) is 0 Å². The number of ether oxygens (including phenoxy) is 1. The summed E-state index contributed by atoms with van der Waals surface area (Å²) in [5.74, 6) is 1.33. The molecule has 6 nitrogen and oxygen atoms in total. The number of rotatable bonds is 7. The van der Waals surface area contributed by atoms with E-state index in [1.54, 1.807) is 11.3 Å². The molecule has 1 fully saturated rings. The van der Waals surface area contributed by atoms with Gasteiger partial charge in [0, 0.05) is 37.1 Å². The number of morpholine rings is 1. The molecule has 2 atom stereocenters. The Morgan fingerprint density at radius 2 is 2.19 bits per heavy atom. The van der Waals surface area contributed by atoms with Crippen LogP contribution >= 0.6 is 35.3 Å². The van der Waals surface area contributed by atoms with Gasteiger partial charge in [-0.05, 0) is 26.7 Å². The van der Waals surface area contributed by atoms with Crippen LogP contribution in [0.15, 0.2) is 10.4 Å². The van der Waals surface area contributed by atoms with E-state index >= 15 is 0 Å². The first kappa shape index (κ1) is 23.6. The van der Waals surface area contributed by atoms with Crippen molar-refractivity contribution in [2.24, 2.45) is 4.99 Å². The number of aromatic nitrogens is 1. The lowest BCUT2D eigenvalue weighted by Crippen LogP contribution is -2.53. The van der Waals surface area contributed by atoms with Crippen LogP contribution in [0.4, 0.5) is 0 Å². The van der Waals surface area contributed by atoms with Gasteiger partial charge >= 0.3 is 0 Å². The zero-order valence-corrected chi connectivity index (χ0v) is 19.8. The van der Waals surface area contributed by atoms with E-state index in [2.05, 4.69) is 60.5 Å². The molecule has 2 heterocycles. The summed E-state index contributed by atoms with van der Waals surface area (Å²) in [7, 11) is 0. The number of aliphatic imine (C=N–C) groups is 1. The van der Waals surface area contributed by atoms with E-state index in [0.29, 0.717) is 24.5 Å². The van der Waals surface area contributed by atoms with E-state index in [1.165, 1.54) is 0 Å². The number of guanidine groups is 1. The number of halogens is 1. The fourth-order valence-corrected chi connectivity index (χ4v) is 3.79. The van der Waals surface area contributed by atoms with E-state index in [9.17, 15) is 0 Å². The maximum atomic E-state index is 5.53. The minimum atomic E-state index is 0. The Balaban J connectivity index is 0.00000338. The minimum Gasteiger partial charge on any atom is -0.379 e. The quantitative estimate of drug-likeness (QED) is 0.346. The van der Waals surface area contributed by atoms with Crippen LogP contribution in [0.25, 0.3) is 0 Å². The molecule has 1 aliphatic rings. The fraction of sp³-hybridized carbons (Fsp3) is 0.778. The average molecular weight is 495 g/mol. The highest BCUT2D eigenvalue weighted by Gasteiger charge is 2.23. The van der Waals surface area contributed by atoms with E-state index in [-0.39, 0.29) is 24.0 Å². The summed E-state index contributed by atoms with van der Waals surface area (Å²) in [6.45, 7) is 15.9. The summed E-state index contributed by atoms with van der Waals surface area (Å²) in [5.41, 5.74) is 1.16. The zero-order valence-electron chi connectivity index (χ0n) is 16.6. The first-order valence-electron chi connectivity index (χ1n) is 9.31. The van der Waals surface area contributed by atoms with Gasteiger partial charge in [-0.15, -0.1) is 35.3 Å². The second-order valence-electron chi connectivity index (χ2n) is 6.91. The lowest BCUT2D eigenvalue weighted by atomic mass is 10.2. The van der Waals surface area contributed by atoms with Crippen LogP contribution in [-0.2, 0) is 11.3 Å². The Kier molecular flexibility index (Phi) is 11.0. The van der Waals surface area contributed by atoms with Crippen molar-refractivity contribution < 1.29 is 4.74 Å². The van der Waals surface area contributed by atoms with Gasteiger partial charge in [0.15, 0.2) is 5.96 Å². The standard InChI is InChI=1S/C18H33N5OS.HI/c1-6-19-18(21-10-17-22-16(12-25-17)13(2)3)20-9-14(4)23-7-8-24-11-15(23)5;/h12-15H,6-11H2,1-5H3,(H2,19,20,21);1H. The lowest BCUT2D eigenvalue weighted by molar-refractivity contribution is -0.0174. The number of hydrogen-bond donors (Lipinski definition) is 2. The second-order valence-corrected chi connectivity index (χ2v) is 7.85. The molecule has 2 N–H and O–H groups in total. The molecule has 0 radical (unpaired) electrons. The molecule has 1 aliphatic heterocycles. The molecule has 1 aromatic rings. The molecule has 2 unspecified atom stereocenters. The highest BCUT2D eigenvalue weighted by molar-refractivity contribution is 14.0. The van der Waals surface area contributed by atoms with Gasteiger partial charge in [-0.25, -0.2) is 9.98 Å². The topological polar surface area (TPSA) is 61.8 Å². The van der Waals surface area contributed by atoms with Gasteiger partial charge in [-0.1, -0.05) is 13.8 Å². The third kappa shape index (κ3) is 7.28. The van der Waals surface area contributed by atoms with Crippen LogP contribution in [0.2, 0.25) is 0 Å². The molecule has 26 heavy (non-hydrogen) atoms. The molecule has 0 aliphatic carbocycles. The van der Waals surface area contributed by atoms with Gasteiger partial charge in [0.25, 0.3) is 0 Å². The van der Waals surface area contributed by atoms with Gasteiger partial charge in [0.1, 0.15) is 5.01 Å². The first-order valence-corrected chi connectivity index (χ1v) is 10.2. The van der Waals surface area contributed by atoms with Crippen molar-refractivity contribution in [2.45, 2.75) is 59.2 Å². The van der Waals surface area contributed by atoms with Gasteiger partial charge < -0.3 is 15.4 Å². The number of thiazole rings is 1. The van der Waals surface area contributed by atoms with Gasteiger partial charge in [-0.2, -0.15) is 0 Å². The molecule has 0 bridgehead atoms. The van der Waals surface area contributed by atoms with E-state index < -0.39 is 0 Å². The summed E-state index contributed by atoms with van der Waals surface area (Å²) in [6, 6.07) is 0.907. The Hall–Kier alpha value is -0.450. The minimum absolute atomic E-state index is 0. The zero-order chi connectivity index (χ0) is 18.2. The monoisotopic (exact) mass is 495 g/mol. The van der Waals surface area contributed by atoms with Crippen molar-refractivity contribution in [2.75, 3.05) is 32.8 Å². The van der Waals surface area contributed by atoms with E-state index in [4.69, 9.17) is 9.73 Å². The first-order chi connectivity index (χ1) is 12.0. The summed E-state index contributed by atoms with van der Waals surface area (Å²) < 4.78 is 5.53. The molecular weight excluding hydrogens is 461 g/mol. The third-order valence-electron chi connectivity index (χ3n) is 4.43. The number of hydrogen-bond acceptors (Lipinski definition) is 5. The largest absolute Gasteiger partial charge is 0.379 e. The molecule has 0 amide bonds. The van der Waals surface area contributed by atoms with Crippen LogP contribution in [-0.4, -0.2) is 60.8 Å². The summed E-state index contributed by atoms with van der Waals surface area (Å²) in [5, 5.41) is 10.00. The summed E-state index contributed by atoms with van der Waals surface area (Å²) in [6.07, 6.45) is 0. The maximum Gasteiger partial charge on any atom is 0.191 e. The molecule has 1 aromatic heterocycles. The third-order valence-corrected chi connectivity index (χ3v) is 5.28. The van der Waals surface area contributed by atoms with Crippen molar-refractivity contribution in [3.05, 3.63) is 16.1 Å². The van der Waals surface area contributed by atoms with Crippen molar-refractivity contribution in [3.8, 4) is 0 Å². The van der Waals surface area contributed by atoms with Crippen LogP contribution in [0.5, 0.6) is 0 Å². The van der Waals surface area contributed by atoms with Crippen LogP contribution < -0.4 is 10.6 Å². The maximum absolute atomic E-state index is 5.53. The van der Waals surface area contributed by atoms with Gasteiger partial charge in [-0.3, -0.25) is 4.90 Å². The van der Waals surface area contributed by atoms with Gasteiger partial charge in [0.2, 0.25) is 0 Å². The predicted molar refractivity (Wildman–Crippen MR) is 121 cm³/mol. The smallest absolute Gasteiger partial charge is 0.191 e. The van der Waals surface area contributed by atoms with Crippen LogP contribution in [0.1, 0.15) is 51.2 Å². The highest BCUT2D eigenvalue weighted by Crippen LogP contribution is 2.18. The fourth-order valence-electron chi connectivity index (χ4n) is 2.91. The molecule has 0 saturated carbocycles. The molecular formula is C18H34IN5OS. The van der Waals surface area contributed by atoms with E-state index in [1.807, 2.05) is 0 Å². The molecule has 1 saturated heterocycles. The molecule has 0 spiro atoms. The van der Waals surface area contributed by atoms with Crippen molar-refractivity contribution in [1.29, 1.82) is 0 Å². The lowest BCUT2D eigenvalue weighted by Gasteiger charge is -2.38. The Morgan fingerprint density at radius 1 is 1.42 bits per heavy atom. The number of nitrogens with one attached hydrogen (secondary N) is 2. The normalized spacial score (nSPS) is 19.9. The Bertz CT molecular complexity index is 551. The molecule has 0 aromatic carbocycles. The Morgan fingerprint density at radius 3 is 2.81 bits per heavy atom. The predicted octanol–water partition coefficient (Wildman–Crippen LogP) is 3.05. The molecule has 8 heteroatoms. The summed E-state index contributed by atoms with van der Waals surface area (Å²) >= 11 is 1.69. The van der Waals surface area contributed by atoms with Crippen molar-refractivity contribution in [1.82, 2.24) is 20.5 Å². The molecule has 150 valence electrons. The second kappa shape index (κ2) is 12.1. The average Bonchev–Trinajstić information content (AvgIpc) is 3.07. The van der Waals surface area contributed by atoms with Crippen LogP contribution in [0, 0.1) is 0 Å². The Labute approximate surface area is 179 Å². The van der Waals surface area contributed by atoms with Crippen molar-refractivity contribution >= 4 is 41.3 Å². The van der Waals surface area contributed by atoms with Crippen molar-refractivity contribution in [3.63, 3.8) is 0 Å².